The molecule has 0 spiro atoms. The van der Waals surface area contributed by atoms with Crippen molar-refractivity contribution >= 4 is 0 Å². The molecule has 0 aromatic carbocycles. The molecule has 0 N–H and O–H groups in total. The van der Waals surface area contributed by atoms with E-state index in [4.69, 9.17) is 4.74 Å². The van der Waals surface area contributed by atoms with E-state index in [-0.39, 0.29) is 0 Å². The van der Waals surface area contributed by atoms with Crippen LogP contribution in [0.5, 0.6) is 0 Å². The Balaban J connectivity index is 0.733. The molecule has 18 unspecified atom stereocenters. The van der Waals surface area contributed by atoms with Gasteiger partial charge in [0, 0.05) is 54.4 Å². The Bertz CT molecular complexity index is 1580. The molecular formula is C60H97N3O. The van der Waals surface area contributed by atoms with Crippen molar-refractivity contribution < 1.29 is 4.74 Å². The molecule has 3 aliphatic heterocycles. The molecule has 3 heterocycles. The first-order valence-corrected chi connectivity index (χ1v) is 30.4. The normalized spacial score (nSPS) is 50.0. The van der Waals surface area contributed by atoms with E-state index in [0.717, 1.165) is 114 Å². The van der Waals surface area contributed by atoms with Crippen LogP contribution < -0.4 is 0 Å². The third-order valence-corrected chi connectivity index (χ3v) is 24.0. The molecule has 0 amide bonds. The minimum absolute atomic E-state index is 0.540. The molecule has 18 atom stereocenters. The third kappa shape index (κ3) is 8.05. The van der Waals surface area contributed by atoms with Crippen molar-refractivity contribution in [2.45, 2.75) is 304 Å². The number of rotatable bonds is 7. The second-order valence-corrected chi connectivity index (χ2v) is 26.7. The molecular weight excluding hydrogens is 779 g/mol. The summed E-state index contributed by atoms with van der Waals surface area (Å²) < 4.78 is 7.09. The van der Waals surface area contributed by atoms with E-state index in [0.29, 0.717) is 12.2 Å². The fourth-order valence-corrected chi connectivity index (χ4v) is 21.6. The number of allylic oxidation sites excluding steroid dienone is 1. The molecule has 64 heavy (non-hydrogen) atoms. The molecule has 13 rings (SSSR count). The van der Waals surface area contributed by atoms with Crippen molar-refractivity contribution in [3.8, 4) is 0 Å². The summed E-state index contributed by atoms with van der Waals surface area (Å²) in [7, 11) is 0. The fraction of sp³-hybridized carbons (Fsp3) is 0.967. The Kier molecular flexibility index (Phi) is 13.0. The van der Waals surface area contributed by atoms with Gasteiger partial charge in [-0.3, -0.25) is 14.7 Å². The second kappa shape index (κ2) is 19.1. The minimum atomic E-state index is 0.540. The molecule has 10 aliphatic carbocycles. The molecule has 358 valence electrons. The summed E-state index contributed by atoms with van der Waals surface area (Å²) in [6, 6.07) is 8.01. The smallest absolute Gasteiger partial charge is 0.0593 e. The summed E-state index contributed by atoms with van der Waals surface area (Å²) in [5.41, 5.74) is 0. The van der Waals surface area contributed by atoms with E-state index in [1.54, 1.807) is 83.5 Å². The van der Waals surface area contributed by atoms with Crippen LogP contribution in [0.4, 0.5) is 0 Å². The lowest BCUT2D eigenvalue weighted by Gasteiger charge is -2.47. The maximum atomic E-state index is 7.09. The summed E-state index contributed by atoms with van der Waals surface area (Å²) in [6.45, 7) is 0. The number of ether oxygens (including phenoxy) is 1. The van der Waals surface area contributed by atoms with Crippen LogP contribution in [0, 0.1) is 59.2 Å². The van der Waals surface area contributed by atoms with E-state index in [9.17, 15) is 0 Å². The average molecular weight is 876 g/mol. The second-order valence-electron chi connectivity index (χ2n) is 26.7. The Morgan fingerprint density at radius 2 is 0.734 bits per heavy atom. The van der Waals surface area contributed by atoms with Gasteiger partial charge in [0.25, 0.3) is 0 Å². The zero-order valence-electron chi connectivity index (χ0n) is 41.2. The molecule has 4 nitrogen and oxygen atoms in total. The Hall–Kier alpha value is -0.420. The van der Waals surface area contributed by atoms with Gasteiger partial charge in [-0.2, -0.15) is 0 Å². The highest BCUT2D eigenvalue weighted by Gasteiger charge is 2.59. The van der Waals surface area contributed by atoms with Crippen LogP contribution in [0.3, 0.4) is 0 Å². The lowest BCUT2D eigenvalue weighted by Crippen LogP contribution is -2.51. The van der Waals surface area contributed by atoms with Crippen LogP contribution in [0.1, 0.15) is 238 Å². The lowest BCUT2D eigenvalue weighted by molar-refractivity contribution is -0.0695. The van der Waals surface area contributed by atoms with Gasteiger partial charge in [0.05, 0.1) is 12.2 Å². The molecule has 0 aromatic heterocycles. The quantitative estimate of drug-likeness (QED) is 0.237. The van der Waals surface area contributed by atoms with Crippen molar-refractivity contribution in [3.63, 3.8) is 0 Å². The van der Waals surface area contributed by atoms with Crippen LogP contribution in [0.2, 0.25) is 0 Å². The van der Waals surface area contributed by atoms with E-state index < -0.39 is 0 Å². The maximum Gasteiger partial charge on any atom is 0.0593 e. The maximum absolute atomic E-state index is 7.09. The first kappa shape index (κ1) is 43.6. The predicted molar refractivity (Wildman–Crippen MR) is 263 cm³/mol. The van der Waals surface area contributed by atoms with Crippen molar-refractivity contribution in [2.75, 3.05) is 0 Å². The van der Waals surface area contributed by atoms with Gasteiger partial charge in [-0.25, -0.2) is 0 Å². The standard InChI is InChI=1S/C60H97N3O/c1-4-15-44(16-5-1)61-55-25-12-10-23-49(55)51-35-40(27-31-57(51)61)42-29-33-59-53(37-42)54-38-43(30-34-60(54)63(59)46-19-14-22-48(39-46)64-47-20-8-3-9-21-47)41-28-32-58-52(36-41)50-24-11-13-26-56(50)62(58)45-17-6-2-7-18-45/h12,25,40-60H,1-11,13-24,26-39H2. The van der Waals surface area contributed by atoms with E-state index in [1.165, 1.54) is 154 Å². The highest BCUT2D eigenvalue weighted by Crippen LogP contribution is 2.60. The van der Waals surface area contributed by atoms with Gasteiger partial charge in [0.15, 0.2) is 0 Å². The van der Waals surface area contributed by atoms with Crippen LogP contribution in [0.25, 0.3) is 0 Å². The minimum Gasteiger partial charge on any atom is -0.375 e. The number of likely N-dealkylation sites (tertiary alicyclic amines) is 3. The first-order valence-electron chi connectivity index (χ1n) is 30.4. The SMILES string of the molecule is C1=CC2C(CC1)C1CC(C3CCC4C(C3)C3CC(C5CCC6C(C5)C5CCCCC5N6C5CCCCC5)CCC3N4C3CCCC(OC4CCCCC4)C3)CCC1N2C1CCCCC1. The fourth-order valence-electron chi connectivity index (χ4n) is 21.6. The highest BCUT2D eigenvalue weighted by molar-refractivity contribution is 5.16. The molecule has 4 heteroatoms. The van der Waals surface area contributed by atoms with Gasteiger partial charge in [-0.1, -0.05) is 82.8 Å². The van der Waals surface area contributed by atoms with Crippen molar-refractivity contribution in [3.05, 3.63) is 12.2 Å². The van der Waals surface area contributed by atoms with Crippen molar-refractivity contribution in [1.82, 2.24) is 14.7 Å². The summed E-state index contributed by atoms with van der Waals surface area (Å²) in [5, 5.41) is 0. The Morgan fingerprint density at radius 3 is 1.34 bits per heavy atom. The molecule has 3 saturated heterocycles. The Labute approximate surface area is 393 Å². The number of hydrogen-bond donors (Lipinski definition) is 0. The Morgan fingerprint density at radius 1 is 0.297 bits per heavy atom. The summed E-state index contributed by atoms with van der Waals surface area (Å²) in [6.07, 6.45) is 61.9. The van der Waals surface area contributed by atoms with E-state index in [2.05, 4.69) is 26.9 Å². The number of hydrogen-bond acceptors (Lipinski definition) is 4. The van der Waals surface area contributed by atoms with Gasteiger partial charge >= 0.3 is 0 Å². The largest absolute Gasteiger partial charge is 0.375 e. The molecule has 9 saturated carbocycles. The monoisotopic (exact) mass is 876 g/mol. The zero-order chi connectivity index (χ0) is 42.1. The summed E-state index contributed by atoms with van der Waals surface area (Å²) in [5.74, 6) is 10.1. The zero-order valence-corrected chi connectivity index (χ0v) is 41.2. The van der Waals surface area contributed by atoms with Gasteiger partial charge in [0.1, 0.15) is 0 Å². The van der Waals surface area contributed by atoms with Gasteiger partial charge in [-0.05, 0) is 226 Å². The summed E-state index contributed by atoms with van der Waals surface area (Å²) >= 11 is 0. The summed E-state index contributed by atoms with van der Waals surface area (Å²) in [4.78, 5) is 9.86. The van der Waals surface area contributed by atoms with Gasteiger partial charge in [0.2, 0.25) is 0 Å². The van der Waals surface area contributed by atoms with Crippen molar-refractivity contribution in [1.29, 1.82) is 0 Å². The van der Waals surface area contributed by atoms with Gasteiger partial charge < -0.3 is 4.74 Å². The van der Waals surface area contributed by atoms with E-state index >= 15 is 0 Å². The van der Waals surface area contributed by atoms with Crippen molar-refractivity contribution in [2.24, 2.45) is 59.2 Å². The van der Waals surface area contributed by atoms with Crippen LogP contribution in [-0.2, 0) is 4.74 Å². The van der Waals surface area contributed by atoms with Gasteiger partial charge in [-0.15, -0.1) is 0 Å². The molecule has 0 bridgehead atoms. The molecule has 0 aromatic rings. The first-order chi connectivity index (χ1) is 31.7. The lowest BCUT2D eigenvalue weighted by atomic mass is 9.60. The number of fused-ring (bicyclic) bond motifs is 9. The number of nitrogens with zero attached hydrogens (tertiary/aromatic N) is 3. The average Bonchev–Trinajstić information content (AvgIpc) is 3.99. The van der Waals surface area contributed by atoms with E-state index in [1.807, 2.05) is 0 Å². The molecule has 13 aliphatic rings. The topological polar surface area (TPSA) is 19.0 Å². The highest BCUT2D eigenvalue weighted by atomic mass is 16.5. The third-order valence-electron chi connectivity index (χ3n) is 24.0. The van der Waals surface area contributed by atoms with Crippen LogP contribution >= 0.6 is 0 Å². The predicted octanol–water partition coefficient (Wildman–Crippen LogP) is 14.3. The molecule has 0 radical (unpaired) electrons. The van der Waals surface area contributed by atoms with Crippen LogP contribution in [0.15, 0.2) is 12.2 Å². The van der Waals surface area contributed by atoms with Crippen LogP contribution in [-0.4, -0.2) is 81.3 Å². The molecule has 12 fully saturated rings.